The summed E-state index contributed by atoms with van der Waals surface area (Å²) in [5, 5.41) is 16.2. The molecule has 0 fully saturated rings. The number of ether oxygens (including phenoxy) is 1. The first-order chi connectivity index (χ1) is 14.5. The summed E-state index contributed by atoms with van der Waals surface area (Å²) in [5.41, 5.74) is 1.41. The minimum absolute atomic E-state index is 0.130. The van der Waals surface area contributed by atoms with Gasteiger partial charge in [-0.05, 0) is 23.8 Å². The van der Waals surface area contributed by atoms with Gasteiger partial charge in [0.2, 0.25) is 0 Å². The van der Waals surface area contributed by atoms with Gasteiger partial charge in [-0.15, -0.1) is 0 Å². The number of rotatable bonds is 8. The number of hydrogen-bond acceptors (Lipinski definition) is 5. The van der Waals surface area contributed by atoms with Crippen molar-refractivity contribution in [1.29, 1.82) is 0 Å². The molecule has 8 nitrogen and oxygen atoms in total. The summed E-state index contributed by atoms with van der Waals surface area (Å²) < 4.78 is 5.52. The standard InChI is InChI=1S/C22H19N3O5/c26-21(24-17-9-6-10-18(13-17)25(28)29)15-30-20-12-5-4-11-19(20)22(27)23-14-16-7-2-1-3-8-16/h1-13H,14-15H2,(H,23,27)(H,24,26). The Labute approximate surface area is 172 Å². The van der Waals surface area contributed by atoms with E-state index in [2.05, 4.69) is 10.6 Å². The van der Waals surface area contributed by atoms with Crippen LogP contribution in [0.4, 0.5) is 11.4 Å². The predicted molar refractivity (Wildman–Crippen MR) is 111 cm³/mol. The Bertz CT molecular complexity index is 1050. The first kappa shape index (κ1) is 20.5. The molecule has 2 N–H and O–H groups in total. The van der Waals surface area contributed by atoms with Gasteiger partial charge in [-0.2, -0.15) is 0 Å². The number of nitrogens with zero attached hydrogens (tertiary/aromatic N) is 1. The number of para-hydroxylation sites is 1. The summed E-state index contributed by atoms with van der Waals surface area (Å²) in [6.45, 7) is 0.00690. The lowest BCUT2D eigenvalue weighted by Gasteiger charge is -2.12. The third kappa shape index (κ3) is 5.65. The van der Waals surface area contributed by atoms with Crippen LogP contribution in [0.1, 0.15) is 15.9 Å². The van der Waals surface area contributed by atoms with Crippen molar-refractivity contribution in [3.63, 3.8) is 0 Å². The van der Waals surface area contributed by atoms with Crippen LogP contribution in [0, 0.1) is 10.1 Å². The van der Waals surface area contributed by atoms with Crippen molar-refractivity contribution in [3.05, 3.63) is 100 Å². The summed E-state index contributed by atoms with van der Waals surface area (Å²) in [6, 6.07) is 21.7. The van der Waals surface area contributed by atoms with Crippen LogP contribution in [0.15, 0.2) is 78.9 Å². The van der Waals surface area contributed by atoms with E-state index in [0.29, 0.717) is 12.1 Å². The quantitative estimate of drug-likeness (QED) is 0.440. The normalized spacial score (nSPS) is 10.1. The third-order valence-corrected chi connectivity index (χ3v) is 4.13. The van der Waals surface area contributed by atoms with Crippen LogP contribution in [0.25, 0.3) is 0 Å². The van der Waals surface area contributed by atoms with Crippen LogP contribution in [0.2, 0.25) is 0 Å². The van der Waals surface area contributed by atoms with E-state index in [1.54, 1.807) is 24.3 Å². The fourth-order valence-corrected chi connectivity index (χ4v) is 2.69. The van der Waals surface area contributed by atoms with Gasteiger partial charge in [-0.3, -0.25) is 19.7 Å². The number of carbonyl (C=O) groups is 2. The van der Waals surface area contributed by atoms with E-state index in [9.17, 15) is 19.7 Å². The first-order valence-corrected chi connectivity index (χ1v) is 9.11. The smallest absolute Gasteiger partial charge is 0.271 e. The van der Waals surface area contributed by atoms with Gasteiger partial charge in [0.05, 0.1) is 10.5 Å². The van der Waals surface area contributed by atoms with Crippen molar-refractivity contribution in [3.8, 4) is 5.75 Å². The zero-order valence-corrected chi connectivity index (χ0v) is 15.9. The Morgan fingerprint density at radius 3 is 2.43 bits per heavy atom. The highest BCUT2D eigenvalue weighted by molar-refractivity contribution is 5.97. The van der Waals surface area contributed by atoms with Crippen LogP contribution in [0.3, 0.4) is 0 Å². The van der Waals surface area contributed by atoms with Crippen molar-refractivity contribution in [2.75, 3.05) is 11.9 Å². The lowest BCUT2D eigenvalue weighted by Crippen LogP contribution is -2.25. The minimum atomic E-state index is -0.545. The molecule has 0 bridgehead atoms. The van der Waals surface area contributed by atoms with E-state index in [1.165, 1.54) is 24.3 Å². The Morgan fingerprint density at radius 1 is 0.933 bits per heavy atom. The predicted octanol–water partition coefficient (Wildman–Crippen LogP) is 3.54. The number of amides is 2. The molecule has 0 aliphatic rings. The zero-order chi connectivity index (χ0) is 21.3. The molecule has 0 unspecified atom stereocenters. The molecule has 152 valence electrons. The van der Waals surface area contributed by atoms with E-state index in [0.717, 1.165) is 5.56 Å². The molecule has 0 aromatic heterocycles. The van der Waals surface area contributed by atoms with Gasteiger partial charge < -0.3 is 15.4 Å². The van der Waals surface area contributed by atoms with Crippen molar-refractivity contribution in [2.45, 2.75) is 6.54 Å². The molecule has 0 heterocycles. The molecule has 0 saturated heterocycles. The Morgan fingerprint density at radius 2 is 1.67 bits per heavy atom. The lowest BCUT2D eigenvalue weighted by molar-refractivity contribution is -0.384. The number of nitro benzene ring substituents is 1. The summed E-state index contributed by atoms with van der Waals surface area (Å²) in [4.78, 5) is 35.0. The van der Waals surface area contributed by atoms with Crippen LogP contribution >= 0.6 is 0 Å². The molecule has 3 aromatic carbocycles. The molecule has 0 aliphatic carbocycles. The Kier molecular flexibility index (Phi) is 6.73. The maximum atomic E-state index is 12.5. The molecule has 30 heavy (non-hydrogen) atoms. The molecule has 0 spiro atoms. The maximum Gasteiger partial charge on any atom is 0.271 e. The van der Waals surface area contributed by atoms with Crippen molar-refractivity contribution in [2.24, 2.45) is 0 Å². The molecule has 0 aliphatic heterocycles. The molecule has 3 rings (SSSR count). The topological polar surface area (TPSA) is 111 Å². The number of non-ortho nitro benzene ring substituents is 1. The SMILES string of the molecule is O=C(COc1ccccc1C(=O)NCc1ccccc1)Nc1cccc([N+](=O)[O-])c1. The number of nitro groups is 1. The highest BCUT2D eigenvalue weighted by atomic mass is 16.6. The summed E-state index contributed by atoms with van der Waals surface area (Å²) in [6.07, 6.45) is 0. The molecule has 8 heteroatoms. The van der Waals surface area contributed by atoms with Crippen LogP contribution in [-0.4, -0.2) is 23.3 Å². The van der Waals surface area contributed by atoms with Gasteiger partial charge in [0, 0.05) is 24.4 Å². The minimum Gasteiger partial charge on any atom is -0.483 e. The molecule has 0 saturated carbocycles. The van der Waals surface area contributed by atoms with Gasteiger partial charge in [-0.25, -0.2) is 0 Å². The van der Waals surface area contributed by atoms with E-state index in [-0.39, 0.29) is 29.6 Å². The zero-order valence-electron chi connectivity index (χ0n) is 15.9. The second-order valence-corrected chi connectivity index (χ2v) is 6.31. The largest absolute Gasteiger partial charge is 0.483 e. The molecule has 3 aromatic rings. The van der Waals surface area contributed by atoms with E-state index in [1.807, 2.05) is 30.3 Å². The molecule has 2 amide bonds. The number of anilines is 1. The van der Waals surface area contributed by atoms with Gasteiger partial charge in [-0.1, -0.05) is 48.5 Å². The number of nitrogens with one attached hydrogen (secondary N) is 2. The summed E-state index contributed by atoms with van der Waals surface area (Å²) in [5.74, 6) is -0.569. The van der Waals surface area contributed by atoms with Gasteiger partial charge in [0.15, 0.2) is 6.61 Å². The van der Waals surface area contributed by atoms with Crippen molar-refractivity contribution >= 4 is 23.2 Å². The second-order valence-electron chi connectivity index (χ2n) is 6.31. The monoisotopic (exact) mass is 405 g/mol. The van der Waals surface area contributed by atoms with Gasteiger partial charge >= 0.3 is 0 Å². The average molecular weight is 405 g/mol. The highest BCUT2D eigenvalue weighted by Crippen LogP contribution is 2.19. The van der Waals surface area contributed by atoms with Crippen LogP contribution < -0.4 is 15.4 Å². The second kappa shape index (κ2) is 9.83. The Hall–Kier alpha value is -4.20. The number of benzene rings is 3. The van der Waals surface area contributed by atoms with Crippen molar-refractivity contribution < 1.29 is 19.2 Å². The fraction of sp³-hybridized carbons (Fsp3) is 0.0909. The first-order valence-electron chi connectivity index (χ1n) is 9.11. The lowest BCUT2D eigenvalue weighted by atomic mass is 10.1. The third-order valence-electron chi connectivity index (χ3n) is 4.13. The summed E-state index contributed by atoms with van der Waals surface area (Å²) >= 11 is 0. The van der Waals surface area contributed by atoms with Gasteiger partial charge in [0.25, 0.3) is 17.5 Å². The number of carbonyl (C=O) groups excluding carboxylic acids is 2. The van der Waals surface area contributed by atoms with E-state index in [4.69, 9.17) is 4.74 Å². The molecular weight excluding hydrogens is 386 g/mol. The van der Waals surface area contributed by atoms with Crippen molar-refractivity contribution in [1.82, 2.24) is 5.32 Å². The van der Waals surface area contributed by atoms with E-state index >= 15 is 0 Å². The van der Waals surface area contributed by atoms with E-state index < -0.39 is 10.8 Å². The maximum absolute atomic E-state index is 12.5. The molecule has 0 atom stereocenters. The number of hydrogen-bond donors (Lipinski definition) is 2. The van der Waals surface area contributed by atoms with Crippen LogP contribution in [-0.2, 0) is 11.3 Å². The summed E-state index contributed by atoms with van der Waals surface area (Å²) in [7, 11) is 0. The fourth-order valence-electron chi connectivity index (χ4n) is 2.69. The van der Waals surface area contributed by atoms with Crippen LogP contribution in [0.5, 0.6) is 5.75 Å². The highest BCUT2D eigenvalue weighted by Gasteiger charge is 2.14. The average Bonchev–Trinajstić information content (AvgIpc) is 2.77. The molecule has 0 radical (unpaired) electrons. The Balaban J connectivity index is 1.59. The van der Waals surface area contributed by atoms with Gasteiger partial charge in [0.1, 0.15) is 5.75 Å². The molecular formula is C22H19N3O5.